The molecule has 0 radical (unpaired) electrons. The van der Waals surface area contributed by atoms with Crippen LogP contribution in [-0.2, 0) is 4.74 Å². The Hall–Kier alpha value is -2.75. The number of allylic oxidation sites excluding steroid dienone is 1. The molecule has 2 aromatic carbocycles. The molecule has 138 valence electrons. The minimum Gasteiger partial charge on any atom is -0.457 e. The van der Waals surface area contributed by atoms with Crippen LogP contribution in [0.1, 0.15) is 44.2 Å². The molecule has 4 nitrogen and oxygen atoms in total. The number of hydrogen-bond donors (Lipinski definition) is 1. The minimum atomic E-state index is -0.449. The van der Waals surface area contributed by atoms with Gasteiger partial charge in [0.05, 0.1) is 6.61 Å². The average Bonchev–Trinajstić information content (AvgIpc) is 2.62. The van der Waals surface area contributed by atoms with Gasteiger partial charge < -0.3 is 9.47 Å². The van der Waals surface area contributed by atoms with E-state index in [-0.39, 0.29) is 0 Å². The van der Waals surface area contributed by atoms with Gasteiger partial charge in [-0.2, -0.15) is 0 Å². The normalized spacial score (nSPS) is 11.1. The van der Waals surface area contributed by atoms with Gasteiger partial charge in [-0.25, -0.2) is 4.79 Å². The van der Waals surface area contributed by atoms with Crippen molar-refractivity contribution in [3.63, 3.8) is 0 Å². The molecule has 0 fully saturated rings. The van der Waals surface area contributed by atoms with E-state index >= 15 is 0 Å². The van der Waals surface area contributed by atoms with Gasteiger partial charge in [-0.3, -0.25) is 5.32 Å². The van der Waals surface area contributed by atoms with Gasteiger partial charge in [0.1, 0.15) is 11.5 Å². The van der Waals surface area contributed by atoms with E-state index in [0.717, 1.165) is 41.9 Å². The van der Waals surface area contributed by atoms with Crippen LogP contribution in [0, 0.1) is 6.92 Å². The third-order valence-electron chi connectivity index (χ3n) is 3.80. The van der Waals surface area contributed by atoms with E-state index in [1.165, 1.54) is 0 Å². The fourth-order valence-corrected chi connectivity index (χ4v) is 2.46. The summed E-state index contributed by atoms with van der Waals surface area (Å²) in [4.78, 5) is 11.5. The summed E-state index contributed by atoms with van der Waals surface area (Å²) in [6.07, 6.45) is 4.88. The molecule has 0 bridgehead atoms. The molecule has 0 unspecified atom stereocenters. The Balaban J connectivity index is 2.16. The number of hydrogen-bond acceptors (Lipinski definition) is 3. The van der Waals surface area contributed by atoms with Crippen LogP contribution < -0.4 is 10.1 Å². The van der Waals surface area contributed by atoms with Gasteiger partial charge in [-0.05, 0) is 74.7 Å². The van der Waals surface area contributed by atoms with Crippen LogP contribution >= 0.6 is 0 Å². The second kappa shape index (κ2) is 10.3. The zero-order valence-corrected chi connectivity index (χ0v) is 15.7. The number of unbranched alkanes of at least 4 members (excludes halogenated alkanes) is 2. The number of carbonyl (C=O) groups excluding carboxylic acids is 1. The molecular formula is C22H27NO3. The topological polar surface area (TPSA) is 47.6 Å². The van der Waals surface area contributed by atoms with Crippen molar-refractivity contribution in [1.29, 1.82) is 0 Å². The van der Waals surface area contributed by atoms with Crippen LogP contribution in [0.15, 0.2) is 54.6 Å². The number of ether oxygens (including phenoxy) is 2. The van der Waals surface area contributed by atoms with Crippen molar-refractivity contribution >= 4 is 17.5 Å². The third kappa shape index (κ3) is 6.28. The molecule has 0 aliphatic carbocycles. The second-order valence-corrected chi connectivity index (χ2v) is 6.05. The van der Waals surface area contributed by atoms with Gasteiger partial charge in [-0.1, -0.05) is 25.5 Å². The van der Waals surface area contributed by atoms with E-state index in [4.69, 9.17) is 9.47 Å². The average molecular weight is 353 g/mol. The van der Waals surface area contributed by atoms with Crippen molar-refractivity contribution < 1.29 is 14.3 Å². The Morgan fingerprint density at radius 1 is 1.12 bits per heavy atom. The van der Waals surface area contributed by atoms with Crippen LogP contribution in [-0.4, -0.2) is 12.7 Å². The van der Waals surface area contributed by atoms with Crippen molar-refractivity contribution in [2.24, 2.45) is 0 Å². The smallest absolute Gasteiger partial charge is 0.411 e. The van der Waals surface area contributed by atoms with Gasteiger partial charge >= 0.3 is 6.09 Å². The summed E-state index contributed by atoms with van der Waals surface area (Å²) >= 11 is 0. The maximum absolute atomic E-state index is 11.5. The third-order valence-corrected chi connectivity index (χ3v) is 3.80. The van der Waals surface area contributed by atoms with Gasteiger partial charge in [0, 0.05) is 11.3 Å². The first kappa shape index (κ1) is 19.6. The van der Waals surface area contributed by atoms with Crippen LogP contribution in [0.5, 0.6) is 5.75 Å². The standard InChI is InChI=1S/C22H27NO3/c1-4-6-7-11-21(26-20-10-8-9-17(3)16-20)18-12-14-19(15-13-18)23-22(24)25-5-2/h8-16H,4-7H2,1-3H3,(H,23,24)/b21-11-. The number of rotatable bonds is 8. The van der Waals surface area contributed by atoms with Crippen molar-refractivity contribution in [2.45, 2.75) is 40.0 Å². The first-order chi connectivity index (χ1) is 12.6. The molecule has 1 N–H and O–H groups in total. The number of aryl methyl sites for hydroxylation is 1. The molecule has 0 spiro atoms. The van der Waals surface area contributed by atoms with Gasteiger partial charge in [-0.15, -0.1) is 0 Å². The van der Waals surface area contributed by atoms with Crippen LogP contribution in [0.2, 0.25) is 0 Å². The van der Waals surface area contributed by atoms with E-state index in [9.17, 15) is 4.79 Å². The lowest BCUT2D eigenvalue weighted by molar-refractivity contribution is 0.168. The van der Waals surface area contributed by atoms with Crippen molar-refractivity contribution in [1.82, 2.24) is 0 Å². The second-order valence-electron chi connectivity index (χ2n) is 6.05. The molecule has 0 aliphatic rings. The highest BCUT2D eigenvalue weighted by Gasteiger charge is 2.07. The predicted molar refractivity (Wildman–Crippen MR) is 106 cm³/mol. The molecule has 1 amide bonds. The number of nitrogens with one attached hydrogen (secondary N) is 1. The molecule has 0 saturated heterocycles. The molecule has 2 rings (SSSR count). The number of amides is 1. The van der Waals surface area contributed by atoms with E-state index in [1.807, 2.05) is 55.5 Å². The van der Waals surface area contributed by atoms with E-state index in [1.54, 1.807) is 6.92 Å². The molecule has 0 heterocycles. The lowest BCUT2D eigenvalue weighted by Crippen LogP contribution is -2.13. The first-order valence-electron chi connectivity index (χ1n) is 9.11. The Kier molecular flexibility index (Phi) is 7.75. The summed E-state index contributed by atoms with van der Waals surface area (Å²) in [5, 5.41) is 2.70. The minimum absolute atomic E-state index is 0.346. The lowest BCUT2D eigenvalue weighted by Gasteiger charge is -2.12. The summed E-state index contributed by atoms with van der Waals surface area (Å²) < 4.78 is 11.0. The van der Waals surface area contributed by atoms with E-state index in [0.29, 0.717) is 12.3 Å². The first-order valence-corrected chi connectivity index (χ1v) is 9.11. The Labute approximate surface area is 155 Å². The van der Waals surface area contributed by atoms with Gasteiger partial charge in [0.25, 0.3) is 0 Å². The molecule has 0 aliphatic heterocycles. The maximum atomic E-state index is 11.5. The fraction of sp³-hybridized carbons (Fsp3) is 0.318. The highest BCUT2D eigenvalue weighted by atomic mass is 16.5. The Bertz CT molecular complexity index is 735. The summed E-state index contributed by atoms with van der Waals surface area (Å²) in [6.45, 7) is 6.34. The number of carbonyl (C=O) groups is 1. The molecule has 0 atom stereocenters. The van der Waals surface area contributed by atoms with Crippen LogP contribution in [0.25, 0.3) is 5.76 Å². The monoisotopic (exact) mass is 353 g/mol. The van der Waals surface area contributed by atoms with Gasteiger partial charge in [0.2, 0.25) is 0 Å². The van der Waals surface area contributed by atoms with Crippen LogP contribution in [0.3, 0.4) is 0 Å². The summed E-state index contributed by atoms with van der Waals surface area (Å²) in [7, 11) is 0. The van der Waals surface area contributed by atoms with E-state index in [2.05, 4.69) is 18.3 Å². The SMILES string of the molecule is CCCC/C=C(\Oc1cccc(C)c1)c1ccc(NC(=O)OCC)cc1. The summed E-state index contributed by atoms with van der Waals surface area (Å²) in [5.74, 6) is 1.65. The number of benzene rings is 2. The number of anilines is 1. The van der Waals surface area contributed by atoms with Gasteiger partial charge in [0.15, 0.2) is 0 Å². The predicted octanol–water partition coefficient (Wildman–Crippen LogP) is 6.17. The quantitative estimate of drug-likeness (QED) is 0.456. The molecule has 4 heteroatoms. The van der Waals surface area contributed by atoms with E-state index < -0.39 is 6.09 Å². The highest BCUT2D eigenvalue weighted by molar-refractivity contribution is 5.84. The Morgan fingerprint density at radius 3 is 2.54 bits per heavy atom. The highest BCUT2D eigenvalue weighted by Crippen LogP contribution is 2.24. The van der Waals surface area contributed by atoms with Crippen molar-refractivity contribution in [3.8, 4) is 5.75 Å². The lowest BCUT2D eigenvalue weighted by atomic mass is 10.1. The maximum Gasteiger partial charge on any atom is 0.411 e. The summed E-state index contributed by atoms with van der Waals surface area (Å²) in [6, 6.07) is 15.6. The molecule has 2 aromatic rings. The molecule has 0 aromatic heterocycles. The zero-order chi connectivity index (χ0) is 18.8. The molecule has 26 heavy (non-hydrogen) atoms. The summed E-state index contributed by atoms with van der Waals surface area (Å²) in [5.41, 5.74) is 2.82. The zero-order valence-electron chi connectivity index (χ0n) is 15.7. The Morgan fingerprint density at radius 2 is 1.88 bits per heavy atom. The van der Waals surface area contributed by atoms with Crippen molar-refractivity contribution in [2.75, 3.05) is 11.9 Å². The van der Waals surface area contributed by atoms with Crippen LogP contribution in [0.4, 0.5) is 10.5 Å². The van der Waals surface area contributed by atoms with Crippen molar-refractivity contribution in [3.05, 3.63) is 65.7 Å². The molecular weight excluding hydrogens is 326 g/mol. The largest absolute Gasteiger partial charge is 0.457 e. The fourth-order valence-electron chi connectivity index (χ4n) is 2.46. The molecule has 0 saturated carbocycles.